The molecule has 1 aliphatic heterocycles. The lowest BCUT2D eigenvalue weighted by molar-refractivity contribution is -0.155. The molecule has 1 heterocycles. The van der Waals surface area contributed by atoms with Crippen LogP contribution in [0.25, 0.3) is 0 Å². The zero-order valence-electron chi connectivity index (χ0n) is 15.6. The van der Waals surface area contributed by atoms with Crippen molar-refractivity contribution in [1.82, 2.24) is 10.2 Å². The zero-order chi connectivity index (χ0) is 19.7. The fourth-order valence-electron chi connectivity index (χ4n) is 5.04. The monoisotopic (exact) mass is 384 g/mol. The summed E-state index contributed by atoms with van der Waals surface area (Å²) in [6.45, 7) is 4.41. The van der Waals surface area contributed by atoms with Crippen LogP contribution in [0.1, 0.15) is 46.0 Å². The number of piperidine rings is 1. The Morgan fingerprint density at radius 3 is 2.37 bits per heavy atom. The van der Waals surface area contributed by atoms with Crippen LogP contribution in [0.2, 0.25) is 0 Å². The van der Waals surface area contributed by atoms with Gasteiger partial charge >= 0.3 is 5.97 Å². The molecule has 2 N–H and O–H groups in total. The first-order valence-electron chi connectivity index (χ1n) is 9.73. The smallest absolute Gasteiger partial charge is 0.326 e. The summed E-state index contributed by atoms with van der Waals surface area (Å²) in [5.74, 6) is -5.06. The van der Waals surface area contributed by atoms with E-state index in [1.54, 1.807) is 0 Å². The number of fused-ring (bicyclic) bond motifs is 1. The molecule has 4 aliphatic rings. The molecule has 0 aromatic carbocycles. The first-order valence-corrected chi connectivity index (χ1v) is 9.73. The molecule has 3 aliphatic carbocycles. The predicted octanol–water partition coefficient (Wildman–Crippen LogP) is 1.88. The lowest BCUT2D eigenvalue weighted by Gasteiger charge is -2.36. The van der Waals surface area contributed by atoms with Gasteiger partial charge < -0.3 is 15.3 Å². The van der Waals surface area contributed by atoms with E-state index in [4.69, 9.17) is 0 Å². The number of carboxylic acids is 1. The van der Waals surface area contributed by atoms with Gasteiger partial charge in [0.2, 0.25) is 17.7 Å². The van der Waals surface area contributed by atoms with Crippen LogP contribution in [0.3, 0.4) is 0 Å². The van der Waals surface area contributed by atoms with Crippen molar-refractivity contribution in [2.24, 2.45) is 29.1 Å². The van der Waals surface area contributed by atoms with Crippen molar-refractivity contribution < 1.29 is 28.3 Å². The number of hydrogen-bond acceptors (Lipinski definition) is 3. The molecule has 0 spiro atoms. The molecular weight excluding hydrogens is 358 g/mol. The lowest BCUT2D eigenvalue weighted by atomic mass is 9.80. The molecule has 0 aromatic heterocycles. The Kier molecular flexibility index (Phi) is 4.06. The molecule has 150 valence electrons. The summed E-state index contributed by atoms with van der Waals surface area (Å²) >= 11 is 0. The van der Waals surface area contributed by atoms with Crippen molar-refractivity contribution in [2.45, 2.75) is 64.0 Å². The number of aliphatic carboxylic acids is 1. The Morgan fingerprint density at radius 1 is 1.22 bits per heavy atom. The van der Waals surface area contributed by atoms with Gasteiger partial charge in [-0.1, -0.05) is 26.7 Å². The number of nitrogens with one attached hydrogen (secondary N) is 1. The van der Waals surface area contributed by atoms with E-state index in [0.717, 1.165) is 12.8 Å². The quantitative estimate of drug-likeness (QED) is 0.732. The minimum absolute atomic E-state index is 0.0680. The van der Waals surface area contributed by atoms with E-state index >= 15 is 0 Å². The van der Waals surface area contributed by atoms with Crippen molar-refractivity contribution in [1.29, 1.82) is 0 Å². The predicted molar refractivity (Wildman–Crippen MR) is 90.8 cm³/mol. The molecule has 27 heavy (non-hydrogen) atoms. The van der Waals surface area contributed by atoms with E-state index in [2.05, 4.69) is 5.32 Å². The molecular formula is C19H26F2N2O4. The van der Waals surface area contributed by atoms with Crippen LogP contribution in [-0.4, -0.2) is 52.3 Å². The molecule has 0 unspecified atom stereocenters. The van der Waals surface area contributed by atoms with E-state index in [0.29, 0.717) is 18.9 Å². The highest BCUT2D eigenvalue weighted by Gasteiger charge is 2.69. The van der Waals surface area contributed by atoms with Crippen molar-refractivity contribution in [3.63, 3.8) is 0 Å². The highest BCUT2D eigenvalue weighted by Crippen LogP contribution is 2.65. The fourth-order valence-corrected chi connectivity index (χ4v) is 5.04. The Labute approximate surface area is 156 Å². The maximum absolute atomic E-state index is 13.1. The summed E-state index contributed by atoms with van der Waals surface area (Å²) in [5, 5.41) is 12.3. The number of alkyl halides is 2. The van der Waals surface area contributed by atoms with Crippen molar-refractivity contribution in [3.05, 3.63) is 0 Å². The Bertz CT molecular complexity index is 683. The van der Waals surface area contributed by atoms with Crippen LogP contribution in [0.4, 0.5) is 8.78 Å². The summed E-state index contributed by atoms with van der Waals surface area (Å²) in [6, 6.07) is -1.69. The van der Waals surface area contributed by atoms with Gasteiger partial charge in [-0.25, -0.2) is 13.6 Å². The summed E-state index contributed by atoms with van der Waals surface area (Å²) in [6.07, 6.45) is 1.44. The second kappa shape index (κ2) is 5.88. The molecule has 4 rings (SSSR count). The van der Waals surface area contributed by atoms with Crippen LogP contribution in [-0.2, 0) is 14.4 Å². The average molecular weight is 384 g/mol. The second-order valence-electron chi connectivity index (χ2n) is 9.43. The van der Waals surface area contributed by atoms with Gasteiger partial charge in [-0.15, -0.1) is 0 Å². The molecule has 2 amide bonds. The third-order valence-electron chi connectivity index (χ3n) is 7.09. The van der Waals surface area contributed by atoms with Gasteiger partial charge in [0.25, 0.3) is 0 Å². The van der Waals surface area contributed by atoms with Crippen LogP contribution in [0.5, 0.6) is 0 Å². The minimum Gasteiger partial charge on any atom is -0.480 e. The Morgan fingerprint density at radius 2 is 1.85 bits per heavy atom. The fraction of sp³-hybridized carbons (Fsp3) is 0.842. The van der Waals surface area contributed by atoms with E-state index in [1.807, 2.05) is 13.8 Å². The first-order chi connectivity index (χ1) is 12.5. The first kappa shape index (κ1) is 18.6. The van der Waals surface area contributed by atoms with E-state index in [1.165, 1.54) is 4.90 Å². The number of carbonyl (C=O) groups excluding carboxylic acids is 2. The van der Waals surface area contributed by atoms with Gasteiger partial charge in [0.05, 0.1) is 0 Å². The molecule has 0 radical (unpaired) electrons. The van der Waals surface area contributed by atoms with Crippen LogP contribution >= 0.6 is 0 Å². The van der Waals surface area contributed by atoms with Crippen molar-refractivity contribution in [3.8, 4) is 0 Å². The maximum Gasteiger partial charge on any atom is 0.326 e. The molecule has 1 saturated heterocycles. The van der Waals surface area contributed by atoms with E-state index in [-0.39, 0.29) is 23.2 Å². The van der Waals surface area contributed by atoms with Gasteiger partial charge in [-0.3, -0.25) is 9.59 Å². The summed E-state index contributed by atoms with van der Waals surface area (Å²) in [7, 11) is 0. The topological polar surface area (TPSA) is 86.7 Å². The van der Waals surface area contributed by atoms with Gasteiger partial charge in [-0.2, -0.15) is 0 Å². The Hall–Kier alpha value is -1.73. The maximum atomic E-state index is 13.1. The molecule has 4 fully saturated rings. The number of nitrogens with zero attached hydrogens (tertiary/aromatic N) is 1. The van der Waals surface area contributed by atoms with Gasteiger partial charge in [0.1, 0.15) is 12.1 Å². The highest BCUT2D eigenvalue weighted by atomic mass is 19.3. The van der Waals surface area contributed by atoms with Crippen LogP contribution in [0, 0.1) is 29.1 Å². The standard InChI is InChI=1S/C19H26F2N2O4/c1-18(2)11-8-23(14(13(11)18)17(26)27)16(25)12(5-9-3-4-9)22-15(24)10-6-19(20,21)7-10/h9-14H,3-8H2,1-2H3,(H,22,24)(H,26,27)/t11-,12-,13-,14-/m0/s1. The number of likely N-dealkylation sites (tertiary alicyclic amines) is 1. The summed E-state index contributed by atoms with van der Waals surface area (Å²) in [5.41, 5.74) is -0.0907. The Balaban J connectivity index is 1.45. The zero-order valence-corrected chi connectivity index (χ0v) is 15.6. The number of halogens is 2. The average Bonchev–Trinajstić information content (AvgIpc) is 3.38. The largest absolute Gasteiger partial charge is 0.480 e. The number of hydrogen-bond donors (Lipinski definition) is 2. The second-order valence-corrected chi connectivity index (χ2v) is 9.43. The third-order valence-corrected chi connectivity index (χ3v) is 7.09. The molecule has 6 nitrogen and oxygen atoms in total. The summed E-state index contributed by atoms with van der Waals surface area (Å²) < 4.78 is 26.1. The van der Waals surface area contributed by atoms with Crippen LogP contribution < -0.4 is 5.32 Å². The van der Waals surface area contributed by atoms with Gasteiger partial charge in [-0.05, 0) is 23.7 Å². The minimum atomic E-state index is -2.80. The molecule has 0 aromatic rings. The van der Waals surface area contributed by atoms with Gasteiger partial charge in [0.15, 0.2) is 0 Å². The van der Waals surface area contributed by atoms with Crippen molar-refractivity contribution in [2.75, 3.05) is 6.54 Å². The number of amides is 2. The number of carboxylic acid groups (broad SMARTS) is 1. The normalized spacial score (nSPS) is 34.4. The number of carbonyl (C=O) groups is 3. The van der Waals surface area contributed by atoms with E-state index < -0.39 is 48.6 Å². The molecule has 8 heteroatoms. The molecule has 3 saturated carbocycles. The highest BCUT2D eigenvalue weighted by molar-refractivity contribution is 5.92. The third kappa shape index (κ3) is 3.21. The lowest BCUT2D eigenvalue weighted by Crippen LogP contribution is -2.56. The SMILES string of the molecule is CC1(C)[C@@H]2[C@@H](C(=O)O)N(C(=O)[C@H](CC3CC3)NC(=O)C3CC(F)(F)C3)C[C@@H]21. The van der Waals surface area contributed by atoms with Gasteiger partial charge in [0, 0.05) is 31.2 Å². The van der Waals surface area contributed by atoms with Crippen molar-refractivity contribution >= 4 is 17.8 Å². The van der Waals surface area contributed by atoms with E-state index in [9.17, 15) is 28.3 Å². The molecule has 0 bridgehead atoms. The van der Waals surface area contributed by atoms with Crippen LogP contribution in [0.15, 0.2) is 0 Å². The molecule has 4 atom stereocenters. The summed E-state index contributed by atoms with van der Waals surface area (Å²) in [4.78, 5) is 38.6. The number of rotatable bonds is 6.